The van der Waals surface area contributed by atoms with Crippen molar-refractivity contribution in [1.82, 2.24) is 9.88 Å². The number of nitrogens with zero attached hydrogens (tertiary/aromatic N) is 1. The summed E-state index contributed by atoms with van der Waals surface area (Å²) in [4.78, 5) is 26.5. The van der Waals surface area contributed by atoms with Gasteiger partial charge in [0.15, 0.2) is 0 Å². The number of aromatic amines is 1. The molecule has 0 aromatic carbocycles. The fourth-order valence-electron chi connectivity index (χ4n) is 1.25. The van der Waals surface area contributed by atoms with E-state index in [1.54, 1.807) is 32.4 Å². The second-order valence-corrected chi connectivity index (χ2v) is 3.52. The van der Waals surface area contributed by atoms with Crippen LogP contribution in [0.5, 0.6) is 0 Å². The van der Waals surface area contributed by atoms with Crippen LogP contribution in [-0.2, 0) is 4.79 Å². The summed E-state index contributed by atoms with van der Waals surface area (Å²) in [5.41, 5.74) is 0.537. The van der Waals surface area contributed by atoms with Crippen molar-refractivity contribution in [3.63, 3.8) is 0 Å². The lowest BCUT2D eigenvalue weighted by Crippen LogP contribution is -2.33. The Morgan fingerprint density at radius 1 is 1.60 bits per heavy atom. The Hall–Kier alpha value is -1.78. The van der Waals surface area contributed by atoms with Crippen LogP contribution < -0.4 is 0 Å². The van der Waals surface area contributed by atoms with Gasteiger partial charge in [-0.25, -0.2) is 0 Å². The van der Waals surface area contributed by atoms with Crippen molar-refractivity contribution in [2.24, 2.45) is 5.92 Å². The summed E-state index contributed by atoms with van der Waals surface area (Å²) in [6.07, 6.45) is 3.24. The molecule has 15 heavy (non-hydrogen) atoms. The molecule has 0 aliphatic heterocycles. The van der Waals surface area contributed by atoms with Gasteiger partial charge in [0.1, 0.15) is 0 Å². The molecule has 5 nitrogen and oxygen atoms in total. The Bertz CT molecular complexity index is 346. The highest BCUT2D eigenvalue weighted by Gasteiger charge is 2.18. The molecule has 0 aliphatic carbocycles. The first-order chi connectivity index (χ1) is 7.02. The summed E-state index contributed by atoms with van der Waals surface area (Å²) in [7, 11) is 1.59. The number of carbonyl (C=O) groups excluding carboxylic acids is 1. The van der Waals surface area contributed by atoms with Gasteiger partial charge < -0.3 is 15.0 Å². The molecule has 0 fully saturated rings. The smallest absolute Gasteiger partial charge is 0.308 e. The molecule has 1 heterocycles. The quantitative estimate of drug-likeness (QED) is 0.772. The lowest BCUT2D eigenvalue weighted by molar-refractivity contribution is -0.141. The van der Waals surface area contributed by atoms with E-state index in [2.05, 4.69) is 4.98 Å². The maximum atomic E-state index is 11.7. The summed E-state index contributed by atoms with van der Waals surface area (Å²) in [6.45, 7) is 1.78. The zero-order valence-corrected chi connectivity index (χ0v) is 8.73. The number of carbonyl (C=O) groups is 2. The summed E-state index contributed by atoms with van der Waals surface area (Å²) in [5, 5.41) is 8.70. The maximum absolute atomic E-state index is 11.7. The van der Waals surface area contributed by atoms with E-state index >= 15 is 0 Å². The Morgan fingerprint density at radius 2 is 2.27 bits per heavy atom. The number of aromatic nitrogens is 1. The van der Waals surface area contributed by atoms with E-state index in [9.17, 15) is 9.59 Å². The number of nitrogens with one attached hydrogen (secondary N) is 1. The van der Waals surface area contributed by atoms with E-state index in [4.69, 9.17) is 5.11 Å². The number of rotatable bonds is 4. The largest absolute Gasteiger partial charge is 0.481 e. The summed E-state index contributed by atoms with van der Waals surface area (Å²) in [6, 6.07) is 1.66. The normalized spacial score (nSPS) is 12.1. The molecular formula is C10H14N2O3. The predicted molar refractivity (Wildman–Crippen MR) is 54.6 cm³/mol. The molecule has 1 unspecified atom stereocenters. The van der Waals surface area contributed by atoms with Crippen molar-refractivity contribution in [2.75, 3.05) is 13.6 Å². The number of hydrogen-bond donors (Lipinski definition) is 2. The van der Waals surface area contributed by atoms with Crippen LogP contribution >= 0.6 is 0 Å². The molecule has 0 spiro atoms. The van der Waals surface area contributed by atoms with E-state index in [1.165, 1.54) is 4.90 Å². The summed E-state index contributed by atoms with van der Waals surface area (Å²) in [5.74, 6) is -1.63. The Labute approximate surface area is 87.7 Å². The van der Waals surface area contributed by atoms with Gasteiger partial charge in [-0.2, -0.15) is 0 Å². The number of amides is 1. The van der Waals surface area contributed by atoms with Gasteiger partial charge in [0.2, 0.25) is 0 Å². The van der Waals surface area contributed by atoms with Crippen molar-refractivity contribution in [2.45, 2.75) is 6.92 Å². The standard InChI is InChI=1S/C10H14N2O3/c1-7(10(14)15)6-12(2)9(13)8-3-4-11-5-8/h3-5,7,11H,6H2,1-2H3,(H,14,15). The van der Waals surface area contributed by atoms with Crippen LogP contribution in [0.2, 0.25) is 0 Å². The van der Waals surface area contributed by atoms with E-state index in [1.807, 2.05) is 0 Å². The van der Waals surface area contributed by atoms with Gasteiger partial charge in [-0.1, -0.05) is 6.92 Å². The molecule has 0 aliphatic rings. The number of H-pyrrole nitrogens is 1. The fraction of sp³-hybridized carbons (Fsp3) is 0.400. The molecule has 0 saturated heterocycles. The number of hydrogen-bond acceptors (Lipinski definition) is 2. The second kappa shape index (κ2) is 4.63. The summed E-state index contributed by atoms with van der Waals surface area (Å²) >= 11 is 0. The van der Waals surface area contributed by atoms with Crippen molar-refractivity contribution < 1.29 is 14.7 Å². The molecule has 0 bridgehead atoms. The Morgan fingerprint density at radius 3 is 2.73 bits per heavy atom. The van der Waals surface area contributed by atoms with Crippen molar-refractivity contribution in [3.8, 4) is 0 Å². The van der Waals surface area contributed by atoms with Gasteiger partial charge >= 0.3 is 5.97 Å². The first-order valence-corrected chi connectivity index (χ1v) is 4.63. The van der Waals surface area contributed by atoms with Gasteiger partial charge in [0.05, 0.1) is 11.5 Å². The first kappa shape index (κ1) is 11.3. The average molecular weight is 210 g/mol. The van der Waals surface area contributed by atoms with E-state index in [0.717, 1.165) is 0 Å². The lowest BCUT2D eigenvalue weighted by Gasteiger charge is -2.18. The van der Waals surface area contributed by atoms with Crippen LogP contribution in [0.1, 0.15) is 17.3 Å². The van der Waals surface area contributed by atoms with Crippen LogP contribution in [0.25, 0.3) is 0 Å². The van der Waals surface area contributed by atoms with Gasteiger partial charge in [-0.3, -0.25) is 9.59 Å². The minimum Gasteiger partial charge on any atom is -0.481 e. The third-order valence-electron chi connectivity index (χ3n) is 2.16. The molecule has 5 heteroatoms. The topological polar surface area (TPSA) is 73.4 Å². The fourth-order valence-corrected chi connectivity index (χ4v) is 1.25. The van der Waals surface area contributed by atoms with Crippen LogP contribution in [-0.4, -0.2) is 40.5 Å². The molecule has 2 N–H and O–H groups in total. The highest BCUT2D eigenvalue weighted by atomic mass is 16.4. The second-order valence-electron chi connectivity index (χ2n) is 3.52. The molecular weight excluding hydrogens is 196 g/mol. The minimum absolute atomic E-state index is 0.177. The zero-order chi connectivity index (χ0) is 11.4. The molecule has 0 saturated carbocycles. The molecule has 1 aromatic rings. The van der Waals surface area contributed by atoms with Gasteiger partial charge in [0, 0.05) is 26.0 Å². The monoisotopic (exact) mass is 210 g/mol. The molecule has 1 aromatic heterocycles. The average Bonchev–Trinajstić information content (AvgIpc) is 2.68. The van der Waals surface area contributed by atoms with Crippen LogP contribution in [0, 0.1) is 5.92 Å². The van der Waals surface area contributed by atoms with E-state index in [0.29, 0.717) is 5.56 Å². The molecule has 82 valence electrons. The zero-order valence-electron chi connectivity index (χ0n) is 8.73. The van der Waals surface area contributed by atoms with Gasteiger partial charge in [0.25, 0.3) is 5.91 Å². The third-order valence-corrected chi connectivity index (χ3v) is 2.16. The van der Waals surface area contributed by atoms with Crippen LogP contribution in [0.3, 0.4) is 0 Å². The van der Waals surface area contributed by atoms with E-state index in [-0.39, 0.29) is 12.5 Å². The van der Waals surface area contributed by atoms with Crippen LogP contribution in [0.15, 0.2) is 18.5 Å². The lowest BCUT2D eigenvalue weighted by atomic mass is 10.1. The van der Waals surface area contributed by atoms with Gasteiger partial charge in [-0.15, -0.1) is 0 Å². The molecule has 1 atom stereocenters. The van der Waals surface area contributed by atoms with Crippen molar-refractivity contribution >= 4 is 11.9 Å². The minimum atomic E-state index is -0.899. The Kier molecular flexibility index (Phi) is 3.49. The SMILES string of the molecule is CC(CN(C)C(=O)c1cc[nH]c1)C(=O)O. The number of aliphatic carboxylic acids is 1. The highest BCUT2D eigenvalue weighted by Crippen LogP contribution is 2.05. The van der Waals surface area contributed by atoms with Crippen LogP contribution in [0.4, 0.5) is 0 Å². The first-order valence-electron chi connectivity index (χ1n) is 4.63. The third kappa shape index (κ3) is 2.83. The molecule has 0 radical (unpaired) electrons. The Balaban J connectivity index is 2.58. The number of carboxylic acids is 1. The molecule has 1 amide bonds. The molecule has 1 rings (SSSR count). The van der Waals surface area contributed by atoms with Gasteiger partial charge in [-0.05, 0) is 6.07 Å². The van der Waals surface area contributed by atoms with E-state index < -0.39 is 11.9 Å². The summed E-state index contributed by atoms with van der Waals surface area (Å²) < 4.78 is 0. The maximum Gasteiger partial charge on any atom is 0.308 e. The highest BCUT2D eigenvalue weighted by molar-refractivity contribution is 5.94. The predicted octanol–water partition coefficient (Wildman–Crippen LogP) is 0.807. The number of carboxylic acid groups (broad SMARTS) is 1. The van der Waals surface area contributed by atoms with Crippen molar-refractivity contribution in [1.29, 1.82) is 0 Å². The van der Waals surface area contributed by atoms with Crippen molar-refractivity contribution in [3.05, 3.63) is 24.0 Å².